The van der Waals surface area contributed by atoms with E-state index in [9.17, 15) is 13.2 Å². The molecule has 1 saturated heterocycles. The SMILES string of the molecule is N#CCCC1CN(S(=O)(=O)c2cc3ccc(Cl)cc3s2)CCN1C(=O)c1nc2c(o1)CNNC2. The lowest BCUT2D eigenvalue weighted by Gasteiger charge is -2.39. The highest BCUT2D eigenvalue weighted by molar-refractivity contribution is 7.91. The van der Waals surface area contributed by atoms with Crippen molar-refractivity contribution in [3.05, 3.63) is 46.6 Å². The zero-order valence-electron chi connectivity index (χ0n) is 18.0. The number of oxazole rings is 1. The van der Waals surface area contributed by atoms with E-state index < -0.39 is 22.0 Å². The number of benzene rings is 1. The van der Waals surface area contributed by atoms with E-state index in [2.05, 4.69) is 21.9 Å². The molecular formula is C21H21ClN6O4S2. The van der Waals surface area contributed by atoms with Crippen molar-refractivity contribution in [2.45, 2.75) is 36.2 Å². The summed E-state index contributed by atoms with van der Waals surface area (Å²) >= 11 is 7.22. The van der Waals surface area contributed by atoms with E-state index in [0.29, 0.717) is 36.0 Å². The number of rotatable bonds is 5. The molecule has 2 N–H and O–H groups in total. The molecule has 4 heterocycles. The van der Waals surface area contributed by atoms with Crippen molar-refractivity contribution >= 4 is 49.0 Å². The van der Waals surface area contributed by atoms with Gasteiger partial charge in [0.2, 0.25) is 0 Å². The Morgan fingerprint density at radius 1 is 1.29 bits per heavy atom. The monoisotopic (exact) mass is 520 g/mol. The van der Waals surface area contributed by atoms with Crippen molar-refractivity contribution in [3.63, 3.8) is 0 Å². The third-order valence-electron chi connectivity index (χ3n) is 5.94. The van der Waals surface area contributed by atoms with Gasteiger partial charge in [-0.25, -0.2) is 18.8 Å². The van der Waals surface area contributed by atoms with Gasteiger partial charge >= 0.3 is 5.91 Å². The van der Waals surface area contributed by atoms with E-state index in [4.69, 9.17) is 21.3 Å². The number of aromatic nitrogens is 1. The van der Waals surface area contributed by atoms with E-state index in [1.54, 1.807) is 29.2 Å². The minimum atomic E-state index is -3.78. The molecule has 0 radical (unpaired) electrons. The normalized spacial score (nSPS) is 19.2. The molecular weight excluding hydrogens is 500 g/mol. The van der Waals surface area contributed by atoms with Gasteiger partial charge in [-0.3, -0.25) is 10.2 Å². The largest absolute Gasteiger partial charge is 0.436 e. The molecule has 1 atom stereocenters. The van der Waals surface area contributed by atoms with Crippen molar-refractivity contribution in [2.75, 3.05) is 19.6 Å². The zero-order valence-corrected chi connectivity index (χ0v) is 20.3. The van der Waals surface area contributed by atoms with Crippen LogP contribution in [0.3, 0.4) is 0 Å². The van der Waals surface area contributed by atoms with Gasteiger partial charge in [0.25, 0.3) is 15.9 Å². The second kappa shape index (κ2) is 9.26. The zero-order chi connectivity index (χ0) is 23.9. The van der Waals surface area contributed by atoms with Gasteiger partial charge in [0.1, 0.15) is 9.97 Å². The minimum absolute atomic E-state index is 0.0184. The number of carbonyl (C=O) groups excluding carboxylic acids is 1. The predicted molar refractivity (Wildman–Crippen MR) is 125 cm³/mol. The number of carbonyl (C=O) groups is 1. The Morgan fingerprint density at radius 3 is 2.91 bits per heavy atom. The standard InChI is InChI=1S/C21H21ClN6O4S2/c22-14-4-3-13-8-19(33-18(13)9-14)34(30,31)27-6-7-28(15(12-27)2-1-5-23)21(29)20-26-16-10-24-25-11-17(16)32-20/h3-4,8-9,15,24-25H,1-2,6-7,10-12H2. The van der Waals surface area contributed by atoms with Gasteiger partial charge < -0.3 is 9.32 Å². The second-order valence-electron chi connectivity index (χ2n) is 8.06. The van der Waals surface area contributed by atoms with E-state index in [0.717, 1.165) is 10.1 Å². The van der Waals surface area contributed by atoms with Crippen LogP contribution >= 0.6 is 22.9 Å². The summed E-state index contributed by atoms with van der Waals surface area (Å²) in [5.41, 5.74) is 6.55. The number of nitrogens with one attached hydrogen (secondary N) is 2. The van der Waals surface area contributed by atoms with E-state index in [-0.39, 0.29) is 36.2 Å². The Kier molecular flexibility index (Phi) is 6.32. The summed E-state index contributed by atoms with van der Waals surface area (Å²) in [5, 5.41) is 10.5. The number of hydrazine groups is 1. The molecule has 1 fully saturated rings. The number of nitrogens with zero attached hydrogens (tertiary/aromatic N) is 4. The average Bonchev–Trinajstić information content (AvgIpc) is 3.46. The number of fused-ring (bicyclic) bond motifs is 2. The molecule has 2 aliphatic rings. The first-order valence-corrected chi connectivity index (χ1v) is 13.3. The highest BCUT2D eigenvalue weighted by Crippen LogP contribution is 2.34. The van der Waals surface area contributed by atoms with Crippen molar-refractivity contribution in [1.29, 1.82) is 5.26 Å². The maximum absolute atomic E-state index is 13.4. The minimum Gasteiger partial charge on any atom is -0.436 e. The summed E-state index contributed by atoms with van der Waals surface area (Å²) in [5.74, 6) is 0.183. The smallest absolute Gasteiger partial charge is 0.310 e. The fraction of sp³-hybridized carbons (Fsp3) is 0.381. The van der Waals surface area contributed by atoms with Gasteiger partial charge in [-0.15, -0.1) is 11.3 Å². The quantitative estimate of drug-likeness (QED) is 0.524. The highest BCUT2D eigenvalue weighted by atomic mass is 35.5. The van der Waals surface area contributed by atoms with E-state index in [1.165, 1.54) is 15.6 Å². The Morgan fingerprint density at radius 2 is 2.12 bits per heavy atom. The summed E-state index contributed by atoms with van der Waals surface area (Å²) in [4.78, 5) is 19.1. The lowest BCUT2D eigenvalue weighted by Crippen LogP contribution is -2.56. The number of hydrogen-bond donors (Lipinski definition) is 2. The molecule has 2 aromatic heterocycles. The maximum Gasteiger partial charge on any atom is 0.310 e. The molecule has 178 valence electrons. The average molecular weight is 521 g/mol. The van der Waals surface area contributed by atoms with Crippen LogP contribution in [0.2, 0.25) is 5.02 Å². The molecule has 0 spiro atoms. The van der Waals surface area contributed by atoms with Gasteiger partial charge in [-0.2, -0.15) is 9.57 Å². The number of thiophene rings is 1. The molecule has 1 unspecified atom stereocenters. The summed E-state index contributed by atoms with van der Waals surface area (Å²) in [6.07, 6.45) is 0.541. The van der Waals surface area contributed by atoms with Crippen molar-refractivity contribution in [1.82, 2.24) is 25.0 Å². The first kappa shape index (κ1) is 23.2. The summed E-state index contributed by atoms with van der Waals surface area (Å²) < 4.78 is 34.9. The Bertz CT molecular complexity index is 1370. The van der Waals surface area contributed by atoms with Gasteiger partial charge in [-0.05, 0) is 30.0 Å². The third-order valence-corrected chi connectivity index (χ3v) is 9.59. The Labute approximate surface area is 205 Å². The van der Waals surface area contributed by atoms with Gasteiger partial charge in [0.05, 0.1) is 24.9 Å². The fourth-order valence-electron chi connectivity index (χ4n) is 4.19. The predicted octanol–water partition coefficient (Wildman–Crippen LogP) is 2.47. The van der Waals surface area contributed by atoms with Crippen molar-refractivity contribution in [3.8, 4) is 6.07 Å². The van der Waals surface area contributed by atoms with Crippen molar-refractivity contribution in [2.24, 2.45) is 0 Å². The van der Waals surface area contributed by atoms with Crippen LogP contribution in [0, 0.1) is 11.3 Å². The molecule has 3 aromatic rings. The Hall–Kier alpha value is -2.53. The van der Waals surface area contributed by atoms with Crippen LogP contribution in [-0.2, 0) is 23.1 Å². The van der Waals surface area contributed by atoms with Gasteiger partial charge in [0.15, 0.2) is 0 Å². The Balaban J connectivity index is 1.39. The highest BCUT2D eigenvalue weighted by Gasteiger charge is 2.38. The molecule has 0 saturated carbocycles. The van der Waals surface area contributed by atoms with Crippen LogP contribution in [0.5, 0.6) is 0 Å². The molecule has 1 aromatic carbocycles. The molecule has 0 bridgehead atoms. The molecule has 34 heavy (non-hydrogen) atoms. The lowest BCUT2D eigenvalue weighted by atomic mass is 10.1. The van der Waals surface area contributed by atoms with E-state index >= 15 is 0 Å². The van der Waals surface area contributed by atoms with Crippen LogP contribution in [0.4, 0.5) is 0 Å². The first-order chi connectivity index (χ1) is 16.4. The molecule has 5 rings (SSSR count). The number of halogens is 1. The number of sulfonamides is 1. The molecule has 10 nitrogen and oxygen atoms in total. The topological polar surface area (TPSA) is 132 Å². The van der Waals surface area contributed by atoms with Crippen molar-refractivity contribution < 1.29 is 17.6 Å². The van der Waals surface area contributed by atoms with Crippen LogP contribution in [0.15, 0.2) is 32.9 Å². The maximum atomic E-state index is 13.4. The molecule has 0 aliphatic carbocycles. The molecule has 2 aliphatic heterocycles. The molecule has 1 amide bonds. The third kappa shape index (κ3) is 4.31. The first-order valence-electron chi connectivity index (χ1n) is 10.7. The van der Waals surface area contributed by atoms with Crippen LogP contribution in [-0.4, -0.2) is 54.2 Å². The number of amides is 1. The van der Waals surface area contributed by atoms with Crippen LogP contribution in [0.25, 0.3) is 10.1 Å². The summed E-state index contributed by atoms with van der Waals surface area (Å²) in [7, 11) is -3.78. The lowest BCUT2D eigenvalue weighted by molar-refractivity contribution is 0.0512. The fourth-order valence-corrected chi connectivity index (χ4v) is 7.49. The summed E-state index contributed by atoms with van der Waals surface area (Å²) in [6.45, 7) is 1.26. The van der Waals surface area contributed by atoms with Gasteiger partial charge in [0, 0.05) is 41.8 Å². The number of hydrogen-bond acceptors (Lipinski definition) is 9. The summed E-state index contributed by atoms with van der Waals surface area (Å²) in [6, 6.07) is 8.52. The number of nitriles is 1. The van der Waals surface area contributed by atoms with Gasteiger partial charge in [-0.1, -0.05) is 17.7 Å². The van der Waals surface area contributed by atoms with Crippen LogP contribution in [0.1, 0.15) is 35.0 Å². The van der Waals surface area contributed by atoms with E-state index in [1.807, 2.05) is 0 Å². The molecule has 13 heteroatoms. The number of piperazine rings is 1. The van der Waals surface area contributed by atoms with Crippen LogP contribution < -0.4 is 10.9 Å². The second-order valence-corrected chi connectivity index (χ2v) is 11.7.